The maximum absolute atomic E-state index is 11.8. The lowest BCUT2D eigenvalue weighted by molar-refractivity contribution is -0.117. The fourth-order valence-electron chi connectivity index (χ4n) is 2.28. The number of hydrogen-bond donors (Lipinski definition) is 3. The third-order valence-electron chi connectivity index (χ3n) is 3.80. The second kappa shape index (κ2) is 7.63. The Labute approximate surface area is 140 Å². The van der Waals surface area contributed by atoms with Gasteiger partial charge in [-0.15, -0.1) is 0 Å². The van der Waals surface area contributed by atoms with Crippen LogP contribution in [0.5, 0.6) is 0 Å². The number of rotatable bonds is 7. The largest absolute Gasteiger partial charge is 0.338 e. The molecule has 0 unspecified atom stereocenters. The molecule has 2 aromatic rings. The van der Waals surface area contributed by atoms with Gasteiger partial charge in [-0.3, -0.25) is 4.79 Å². The van der Waals surface area contributed by atoms with Gasteiger partial charge in [0.05, 0.1) is 6.33 Å². The van der Waals surface area contributed by atoms with E-state index in [1.165, 1.54) is 0 Å². The van der Waals surface area contributed by atoms with Crippen molar-refractivity contribution in [3.63, 3.8) is 0 Å². The highest BCUT2D eigenvalue weighted by atomic mass is 16.2. The molecule has 3 N–H and O–H groups in total. The molecule has 1 saturated carbocycles. The lowest BCUT2D eigenvalue weighted by atomic mass is 10.2. The topological polar surface area (TPSA) is 88.1 Å². The second-order valence-electron chi connectivity index (χ2n) is 5.88. The van der Waals surface area contributed by atoms with E-state index in [4.69, 9.17) is 0 Å². The normalized spacial score (nSPS) is 13.3. The van der Waals surface area contributed by atoms with Crippen molar-refractivity contribution >= 4 is 23.3 Å². The molecule has 7 nitrogen and oxygen atoms in total. The molecule has 3 amide bonds. The van der Waals surface area contributed by atoms with Crippen molar-refractivity contribution in [1.82, 2.24) is 14.9 Å². The third-order valence-corrected chi connectivity index (χ3v) is 3.80. The predicted octanol–water partition coefficient (Wildman–Crippen LogP) is 2.44. The number of carbonyl (C=O) groups is 2. The molecule has 1 aliphatic rings. The van der Waals surface area contributed by atoms with Gasteiger partial charge in [0.25, 0.3) is 0 Å². The van der Waals surface area contributed by atoms with Crippen molar-refractivity contribution in [2.24, 2.45) is 5.92 Å². The molecule has 1 aromatic heterocycles. The van der Waals surface area contributed by atoms with Crippen LogP contribution in [0.3, 0.4) is 0 Å². The van der Waals surface area contributed by atoms with Crippen LogP contribution in [0.4, 0.5) is 16.2 Å². The molecule has 126 valence electrons. The van der Waals surface area contributed by atoms with E-state index in [-0.39, 0.29) is 17.9 Å². The molecule has 3 rings (SSSR count). The lowest BCUT2D eigenvalue weighted by Crippen LogP contribution is -2.30. The average molecular weight is 327 g/mol. The van der Waals surface area contributed by atoms with Crippen LogP contribution in [0.15, 0.2) is 43.0 Å². The van der Waals surface area contributed by atoms with Gasteiger partial charge in [-0.25, -0.2) is 9.78 Å². The minimum absolute atomic E-state index is 0.0753. The molecular weight excluding hydrogens is 306 g/mol. The van der Waals surface area contributed by atoms with Crippen LogP contribution in [-0.2, 0) is 11.3 Å². The molecular formula is C17H21N5O2. The van der Waals surface area contributed by atoms with Gasteiger partial charge < -0.3 is 20.5 Å². The highest BCUT2D eigenvalue weighted by Crippen LogP contribution is 2.30. The molecule has 0 bridgehead atoms. The van der Waals surface area contributed by atoms with Crippen molar-refractivity contribution in [3.8, 4) is 0 Å². The van der Waals surface area contributed by atoms with E-state index in [9.17, 15) is 9.59 Å². The monoisotopic (exact) mass is 327 g/mol. The van der Waals surface area contributed by atoms with Crippen molar-refractivity contribution in [1.29, 1.82) is 0 Å². The number of carbonyl (C=O) groups excluding carboxylic acids is 2. The van der Waals surface area contributed by atoms with Crippen LogP contribution in [0, 0.1) is 5.92 Å². The van der Waals surface area contributed by atoms with Crippen LogP contribution >= 0.6 is 0 Å². The quantitative estimate of drug-likeness (QED) is 0.683. The summed E-state index contributed by atoms with van der Waals surface area (Å²) in [7, 11) is 0. The Morgan fingerprint density at radius 1 is 1.12 bits per heavy atom. The zero-order chi connectivity index (χ0) is 16.8. The number of nitrogens with zero attached hydrogens (tertiary/aromatic N) is 2. The predicted molar refractivity (Wildman–Crippen MR) is 91.7 cm³/mol. The van der Waals surface area contributed by atoms with E-state index < -0.39 is 0 Å². The Kier molecular flexibility index (Phi) is 5.10. The maximum atomic E-state index is 11.8. The van der Waals surface area contributed by atoms with Crippen LogP contribution in [-0.4, -0.2) is 28.0 Å². The Morgan fingerprint density at radius 2 is 1.83 bits per heavy atom. The summed E-state index contributed by atoms with van der Waals surface area (Å²) < 4.78 is 1.97. The van der Waals surface area contributed by atoms with Gasteiger partial charge >= 0.3 is 6.03 Å². The van der Waals surface area contributed by atoms with Crippen LogP contribution in [0.2, 0.25) is 0 Å². The van der Waals surface area contributed by atoms with Crippen LogP contribution in [0.1, 0.15) is 19.3 Å². The smallest absolute Gasteiger partial charge is 0.319 e. The Hall–Kier alpha value is -2.83. The number of aromatic nitrogens is 2. The first kappa shape index (κ1) is 16.0. The Bertz CT molecular complexity index is 678. The van der Waals surface area contributed by atoms with Crippen molar-refractivity contribution in [2.75, 3.05) is 17.2 Å². The fraction of sp³-hybridized carbons (Fsp3) is 0.353. The van der Waals surface area contributed by atoms with E-state index >= 15 is 0 Å². The number of nitrogens with one attached hydrogen (secondary N) is 3. The summed E-state index contributed by atoms with van der Waals surface area (Å²) in [5, 5.41) is 8.44. The molecule has 0 radical (unpaired) electrons. The fourth-order valence-corrected chi connectivity index (χ4v) is 2.28. The molecule has 0 aliphatic heterocycles. The zero-order valence-corrected chi connectivity index (χ0v) is 13.4. The van der Waals surface area contributed by atoms with Crippen LogP contribution in [0.25, 0.3) is 0 Å². The van der Waals surface area contributed by atoms with Gasteiger partial charge in [0.1, 0.15) is 0 Å². The first-order valence-electron chi connectivity index (χ1n) is 8.12. The van der Waals surface area contributed by atoms with E-state index in [1.54, 1.807) is 36.8 Å². The molecule has 1 fully saturated rings. The summed E-state index contributed by atoms with van der Waals surface area (Å²) in [5.74, 6) is 0.252. The number of aryl methyl sites for hydroxylation is 1. The highest BCUT2D eigenvalue weighted by molar-refractivity contribution is 5.94. The van der Waals surface area contributed by atoms with E-state index in [0.29, 0.717) is 12.2 Å². The van der Waals surface area contributed by atoms with Gasteiger partial charge in [0, 0.05) is 42.8 Å². The first-order valence-corrected chi connectivity index (χ1v) is 8.12. The minimum Gasteiger partial charge on any atom is -0.338 e. The van der Waals surface area contributed by atoms with Gasteiger partial charge in [0.2, 0.25) is 5.91 Å². The zero-order valence-electron chi connectivity index (χ0n) is 13.4. The minimum atomic E-state index is -0.240. The number of benzene rings is 1. The molecule has 1 aromatic carbocycles. The Morgan fingerprint density at radius 3 is 2.46 bits per heavy atom. The van der Waals surface area contributed by atoms with Gasteiger partial charge in [-0.1, -0.05) is 0 Å². The average Bonchev–Trinajstić information content (AvgIpc) is 3.31. The summed E-state index contributed by atoms with van der Waals surface area (Å²) >= 11 is 0. The highest BCUT2D eigenvalue weighted by Gasteiger charge is 2.29. The summed E-state index contributed by atoms with van der Waals surface area (Å²) in [5.41, 5.74) is 1.43. The van der Waals surface area contributed by atoms with Crippen molar-refractivity contribution in [3.05, 3.63) is 43.0 Å². The summed E-state index contributed by atoms with van der Waals surface area (Å²) in [6, 6.07) is 6.88. The molecule has 24 heavy (non-hydrogen) atoms. The molecule has 1 heterocycles. The van der Waals surface area contributed by atoms with E-state index in [0.717, 1.165) is 31.5 Å². The SMILES string of the molecule is O=C(NCCCn1ccnc1)Nc1ccc(NC(=O)C2CC2)cc1. The van der Waals surface area contributed by atoms with E-state index in [1.807, 2.05) is 10.8 Å². The lowest BCUT2D eigenvalue weighted by Gasteiger charge is -2.09. The second-order valence-corrected chi connectivity index (χ2v) is 5.88. The molecule has 0 atom stereocenters. The van der Waals surface area contributed by atoms with Gasteiger partial charge in [-0.05, 0) is 43.5 Å². The number of anilines is 2. The summed E-state index contributed by atoms with van der Waals surface area (Å²) in [6.07, 6.45) is 8.17. The van der Waals surface area contributed by atoms with Crippen LogP contribution < -0.4 is 16.0 Å². The number of amides is 3. The summed E-state index contributed by atoms with van der Waals surface area (Å²) in [4.78, 5) is 27.5. The van der Waals surface area contributed by atoms with Gasteiger partial charge in [-0.2, -0.15) is 0 Å². The maximum Gasteiger partial charge on any atom is 0.319 e. The molecule has 1 aliphatic carbocycles. The number of urea groups is 1. The first-order chi connectivity index (χ1) is 11.7. The Balaban J connectivity index is 1.36. The van der Waals surface area contributed by atoms with Gasteiger partial charge in [0.15, 0.2) is 0 Å². The number of hydrogen-bond acceptors (Lipinski definition) is 3. The van der Waals surface area contributed by atoms with E-state index in [2.05, 4.69) is 20.9 Å². The standard InChI is InChI=1S/C17H21N5O2/c23-16(13-2-3-13)20-14-4-6-15(7-5-14)21-17(24)19-8-1-10-22-11-9-18-12-22/h4-7,9,11-13H,1-3,8,10H2,(H,20,23)(H2,19,21,24). The molecule has 0 spiro atoms. The number of imidazole rings is 1. The van der Waals surface area contributed by atoms with Crippen molar-refractivity contribution in [2.45, 2.75) is 25.8 Å². The molecule has 0 saturated heterocycles. The molecule has 7 heteroatoms. The third kappa shape index (κ3) is 4.84. The van der Waals surface area contributed by atoms with Crippen molar-refractivity contribution < 1.29 is 9.59 Å². The summed E-state index contributed by atoms with van der Waals surface area (Å²) in [6.45, 7) is 1.40.